The van der Waals surface area contributed by atoms with Crippen molar-refractivity contribution in [2.24, 2.45) is 5.41 Å². The fraction of sp³-hybridized carbons (Fsp3) is 0.350. The van der Waals surface area contributed by atoms with Crippen molar-refractivity contribution in [2.75, 3.05) is 6.61 Å². The van der Waals surface area contributed by atoms with Crippen LogP contribution in [0.4, 0.5) is 0 Å². The standard InChI is InChI=1S/C20H25NO3/c1-14-7-5-8-15(2)18(14)24-17(19(23)20(3,4)13-22)11-16-9-6-10-21-12-16/h5-12,19,22-23H,13H2,1-4H3. The maximum Gasteiger partial charge on any atom is 0.134 e. The number of para-hydroxylation sites is 1. The predicted molar refractivity (Wildman–Crippen MR) is 95.6 cm³/mol. The number of nitrogens with zero attached hydrogens (tertiary/aromatic N) is 1. The van der Waals surface area contributed by atoms with E-state index in [4.69, 9.17) is 4.74 Å². The van der Waals surface area contributed by atoms with Crippen molar-refractivity contribution in [3.05, 3.63) is 65.2 Å². The van der Waals surface area contributed by atoms with Gasteiger partial charge in [0.15, 0.2) is 0 Å². The Balaban J connectivity index is 2.45. The van der Waals surface area contributed by atoms with E-state index >= 15 is 0 Å². The normalized spacial score (nSPS) is 13.7. The van der Waals surface area contributed by atoms with Gasteiger partial charge in [-0.3, -0.25) is 4.98 Å². The predicted octanol–water partition coefficient (Wildman–Crippen LogP) is 3.50. The van der Waals surface area contributed by atoms with E-state index in [9.17, 15) is 10.2 Å². The highest BCUT2D eigenvalue weighted by molar-refractivity contribution is 5.53. The zero-order valence-electron chi connectivity index (χ0n) is 14.7. The van der Waals surface area contributed by atoms with Crippen molar-refractivity contribution < 1.29 is 14.9 Å². The van der Waals surface area contributed by atoms with Crippen molar-refractivity contribution >= 4 is 6.08 Å². The molecule has 1 atom stereocenters. The highest BCUT2D eigenvalue weighted by atomic mass is 16.5. The minimum atomic E-state index is -0.957. The Labute approximate surface area is 143 Å². The molecule has 0 spiro atoms. The molecule has 2 N–H and O–H groups in total. The van der Waals surface area contributed by atoms with Gasteiger partial charge >= 0.3 is 0 Å². The fourth-order valence-electron chi connectivity index (χ4n) is 2.34. The minimum Gasteiger partial charge on any atom is -0.458 e. The molecule has 2 rings (SSSR count). The molecular weight excluding hydrogens is 302 g/mol. The maximum absolute atomic E-state index is 10.8. The van der Waals surface area contributed by atoms with Crippen molar-refractivity contribution in [2.45, 2.75) is 33.8 Å². The Hall–Kier alpha value is -2.17. The summed E-state index contributed by atoms with van der Waals surface area (Å²) in [5.41, 5.74) is 2.07. The van der Waals surface area contributed by atoms with Crippen LogP contribution >= 0.6 is 0 Å². The van der Waals surface area contributed by atoms with Crippen LogP contribution in [0.3, 0.4) is 0 Å². The van der Waals surface area contributed by atoms with E-state index in [1.165, 1.54) is 0 Å². The van der Waals surface area contributed by atoms with E-state index in [1.807, 2.05) is 44.2 Å². The Kier molecular flexibility index (Phi) is 5.75. The molecule has 0 saturated heterocycles. The third kappa shape index (κ3) is 4.22. The van der Waals surface area contributed by atoms with Gasteiger partial charge in [-0.1, -0.05) is 38.1 Å². The van der Waals surface area contributed by atoms with E-state index in [-0.39, 0.29) is 6.61 Å². The summed E-state index contributed by atoms with van der Waals surface area (Å²) in [5, 5.41) is 20.4. The van der Waals surface area contributed by atoms with Crippen molar-refractivity contribution in [3.63, 3.8) is 0 Å². The lowest BCUT2D eigenvalue weighted by molar-refractivity contribution is 0.0116. The number of pyridine rings is 1. The highest BCUT2D eigenvalue weighted by Crippen LogP contribution is 2.31. The first-order valence-electron chi connectivity index (χ1n) is 8.00. The molecule has 2 aromatic rings. The average Bonchev–Trinajstić information content (AvgIpc) is 2.57. The second-order valence-corrected chi connectivity index (χ2v) is 6.71. The topological polar surface area (TPSA) is 62.6 Å². The number of aryl methyl sites for hydroxylation is 2. The first kappa shape index (κ1) is 18.2. The van der Waals surface area contributed by atoms with E-state index in [2.05, 4.69) is 4.98 Å². The number of hydrogen-bond acceptors (Lipinski definition) is 4. The largest absolute Gasteiger partial charge is 0.458 e. The first-order valence-corrected chi connectivity index (χ1v) is 8.00. The van der Waals surface area contributed by atoms with E-state index in [0.29, 0.717) is 5.76 Å². The molecule has 1 heterocycles. The van der Waals surface area contributed by atoms with Crippen LogP contribution < -0.4 is 4.74 Å². The van der Waals surface area contributed by atoms with Gasteiger partial charge in [0.25, 0.3) is 0 Å². The van der Waals surface area contributed by atoms with Gasteiger partial charge in [0.1, 0.15) is 17.6 Å². The van der Waals surface area contributed by atoms with E-state index in [1.54, 1.807) is 32.3 Å². The lowest BCUT2D eigenvalue weighted by atomic mass is 9.86. The van der Waals surface area contributed by atoms with Crippen LogP contribution in [0.2, 0.25) is 0 Å². The summed E-state index contributed by atoms with van der Waals surface area (Å²) < 4.78 is 6.10. The number of rotatable bonds is 6. The maximum atomic E-state index is 10.8. The summed E-state index contributed by atoms with van der Waals surface area (Å²) in [5.74, 6) is 1.11. The molecule has 1 aromatic carbocycles. The number of aliphatic hydroxyl groups is 2. The third-order valence-corrected chi connectivity index (χ3v) is 4.04. The van der Waals surface area contributed by atoms with Gasteiger partial charge in [-0.25, -0.2) is 0 Å². The summed E-state index contributed by atoms with van der Waals surface area (Å²) in [4.78, 5) is 4.09. The molecule has 1 aromatic heterocycles. The molecule has 128 valence electrons. The lowest BCUT2D eigenvalue weighted by Gasteiger charge is -2.30. The third-order valence-electron chi connectivity index (χ3n) is 4.04. The van der Waals surface area contributed by atoms with Crippen LogP contribution in [-0.2, 0) is 0 Å². The molecule has 0 aliphatic carbocycles. The molecule has 0 amide bonds. The molecule has 4 heteroatoms. The van der Waals surface area contributed by atoms with Gasteiger partial charge in [-0.2, -0.15) is 0 Å². The zero-order chi connectivity index (χ0) is 17.7. The number of hydrogen-bond donors (Lipinski definition) is 2. The first-order chi connectivity index (χ1) is 11.3. The van der Waals surface area contributed by atoms with Crippen LogP contribution in [0.1, 0.15) is 30.5 Å². The Morgan fingerprint density at radius 2 is 1.88 bits per heavy atom. The van der Waals surface area contributed by atoms with Crippen LogP contribution in [0.25, 0.3) is 6.08 Å². The SMILES string of the molecule is Cc1cccc(C)c1OC(=Cc1cccnc1)C(O)C(C)(C)CO. The second kappa shape index (κ2) is 7.60. The van der Waals surface area contributed by atoms with E-state index < -0.39 is 11.5 Å². The molecule has 0 radical (unpaired) electrons. The second-order valence-electron chi connectivity index (χ2n) is 6.71. The number of benzene rings is 1. The molecule has 24 heavy (non-hydrogen) atoms. The summed E-state index contributed by atoms with van der Waals surface area (Å²) in [6, 6.07) is 9.61. The number of aliphatic hydroxyl groups excluding tert-OH is 2. The highest BCUT2D eigenvalue weighted by Gasteiger charge is 2.32. The quantitative estimate of drug-likeness (QED) is 0.797. The van der Waals surface area contributed by atoms with Crippen LogP contribution in [-0.4, -0.2) is 27.9 Å². The van der Waals surface area contributed by atoms with Gasteiger partial charge in [0.05, 0.1) is 6.61 Å². The molecule has 1 unspecified atom stereocenters. The number of aromatic nitrogens is 1. The molecule has 0 aliphatic heterocycles. The van der Waals surface area contributed by atoms with Gasteiger partial charge in [0.2, 0.25) is 0 Å². The van der Waals surface area contributed by atoms with Crippen molar-refractivity contribution in [1.82, 2.24) is 4.98 Å². The van der Waals surface area contributed by atoms with Crippen LogP contribution in [0.15, 0.2) is 48.5 Å². The van der Waals surface area contributed by atoms with Gasteiger partial charge < -0.3 is 14.9 Å². The Morgan fingerprint density at radius 3 is 2.42 bits per heavy atom. The fourth-order valence-corrected chi connectivity index (χ4v) is 2.34. The molecule has 0 fully saturated rings. The summed E-state index contributed by atoms with van der Waals surface area (Å²) in [6.45, 7) is 7.36. The number of ether oxygens (including phenoxy) is 1. The summed E-state index contributed by atoms with van der Waals surface area (Å²) in [6.07, 6.45) is 4.20. The molecule has 0 bridgehead atoms. The Bertz CT molecular complexity index is 688. The van der Waals surface area contributed by atoms with Crippen LogP contribution in [0.5, 0.6) is 5.75 Å². The molecule has 0 aliphatic rings. The summed E-state index contributed by atoms with van der Waals surface area (Å²) in [7, 11) is 0. The smallest absolute Gasteiger partial charge is 0.134 e. The lowest BCUT2D eigenvalue weighted by Crippen LogP contribution is -2.36. The molecular formula is C20H25NO3. The van der Waals surface area contributed by atoms with Crippen molar-refractivity contribution in [3.8, 4) is 5.75 Å². The van der Waals surface area contributed by atoms with Gasteiger partial charge in [0, 0.05) is 17.8 Å². The molecule has 0 saturated carbocycles. The van der Waals surface area contributed by atoms with E-state index in [0.717, 1.165) is 22.4 Å². The van der Waals surface area contributed by atoms with Crippen molar-refractivity contribution in [1.29, 1.82) is 0 Å². The average molecular weight is 327 g/mol. The molecule has 4 nitrogen and oxygen atoms in total. The zero-order valence-corrected chi connectivity index (χ0v) is 14.7. The van der Waals surface area contributed by atoms with Crippen LogP contribution in [0, 0.1) is 19.3 Å². The minimum absolute atomic E-state index is 0.158. The van der Waals surface area contributed by atoms with Gasteiger partial charge in [-0.15, -0.1) is 0 Å². The monoisotopic (exact) mass is 327 g/mol. The Morgan fingerprint density at radius 1 is 1.21 bits per heavy atom. The summed E-state index contributed by atoms with van der Waals surface area (Å²) >= 11 is 0. The van der Waals surface area contributed by atoms with Gasteiger partial charge in [-0.05, 0) is 42.7 Å².